The number of carbonyl (C=O) groups excluding carboxylic acids is 2. The average molecular weight is 561 g/mol. The first-order valence-corrected chi connectivity index (χ1v) is 16.8. The number of rotatable bonds is 12. The fourth-order valence-electron chi connectivity index (χ4n) is 4.19. The first kappa shape index (κ1) is 31.1. The minimum absolute atomic E-state index is 0.0437. The van der Waals surface area contributed by atoms with Crippen LogP contribution in [0.3, 0.4) is 0 Å². The lowest BCUT2D eigenvalue weighted by Crippen LogP contribution is -2.56. The number of hydrogen-bond acceptors (Lipinski definition) is 4. The number of ether oxygens (including phenoxy) is 1. The van der Waals surface area contributed by atoms with Gasteiger partial charge in [-0.05, 0) is 41.2 Å². The van der Waals surface area contributed by atoms with Crippen molar-refractivity contribution >= 4 is 20.3 Å². The minimum atomic E-state index is -2.29. The van der Waals surface area contributed by atoms with Crippen LogP contribution in [0.25, 0.3) is 0 Å². The van der Waals surface area contributed by atoms with Gasteiger partial charge in [-0.3, -0.25) is 4.79 Å². The van der Waals surface area contributed by atoms with E-state index in [0.717, 1.165) is 16.7 Å². The zero-order chi connectivity index (χ0) is 29.2. The van der Waals surface area contributed by atoms with Crippen molar-refractivity contribution in [3.63, 3.8) is 0 Å². The summed E-state index contributed by atoms with van der Waals surface area (Å²) in [6, 6.07) is 29.2. The smallest absolute Gasteiger partial charge is 0.407 e. The van der Waals surface area contributed by atoms with E-state index in [1.165, 1.54) is 0 Å². The molecular formula is C33H44N2O4Si. The Kier molecular flexibility index (Phi) is 11.1. The van der Waals surface area contributed by atoms with E-state index in [0.29, 0.717) is 19.5 Å². The van der Waals surface area contributed by atoms with Crippen molar-refractivity contribution in [2.45, 2.75) is 77.5 Å². The highest BCUT2D eigenvalue weighted by atomic mass is 28.4. The Balaban J connectivity index is 1.91. The quantitative estimate of drug-likeness (QED) is 0.243. The van der Waals surface area contributed by atoms with Gasteiger partial charge in [-0.2, -0.15) is 0 Å². The molecule has 0 heterocycles. The SMILES string of the molecule is CC(=O)N(Cc1ccccc1)C[C@H](O[Si](C)(C)C(C)(C)C)[C@H](Cc1ccccc1)NC(=O)OCc1ccccc1. The maximum absolute atomic E-state index is 13.1. The van der Waals surface area contributed by atoms with E-state index >= 15 is 0 Å². The molecule has 3 aromatic rings. The molecule has 0 aliphatic heterocycles. The molecular weight excluding hydrogens is 516 g/mol. The van der Waals surface area contributed by atoms with Crippen molar-refractivity contribution in [1.29, 1.82) is 0 Å². The maximum atomic E-state index is 13.1. The van der Waals surface area contributed by atoms with E-state index in [2.05, 4.69) is 39.2 Å². The van der Waals surface area contributed by atoms with Gasteiger partial charge in [0.15, 0.2) is 8.32 Å². The molecule has 0 radical (unpaired) electrons. The van der Waals surface area contributed by atoms with Crippen LogP contribution in [0.1, 0.15) is 44.4 Å². The summed E-state index contributed by atoms with van der Waals surface area (Å²) < 4.78 is 12.6. The number of nitrogens with zero attached hydrogens (tertiary/aromatic N) is 1. The first-order valence-electron chi connectivity index (χ1n) is 13.9. The fraction of sp³-hybridized carbons (Fsp3) is 0.394. The van der Waals surface area contributed by atoms with E-state index in [9.17, 15) is 9.59 Å². The number of hydrogen-bond donors (Lipinski definition) is 1. The molecule has 0 bridgehead atoms. The van der Waals surface area contributed by atoms with E-state index in [4.69, 9.17) is 9.16 Å². The van der Waals surface area contributed by atoms with Gasteiger partial charge >= 0.3 is 6.09 Å². The molecule has 0 spiro atoms. The van der Waals surface area contributed by atoms with Crippen LogP contribution in [0.5, 0.6) is 0 Å². The largest absolute Gasteiger partial charge is 0.445 e. The third-order valence-corrected chi connectivity index (χ3v) is 12.1. The molecule has 214 valence electrons. The molecule has 6 nitrogen and oxygen atoms in total. The Morgan fingerprint density at radius 3 is 1.82 bits per heavy atom. The van der Waals surface area contributed by atoms with Crippen molar-refractivity contribution in [2.24, 2.45) is 0 Å². The predicted octanol–water partition coefficient (Wildman–Crippen LogP) is 6.96. The van der Waals surface area contributed by atoms with Crippen LogP contribution in [0, 0.1) is 0 Å². The zero-order valence-corrected chi connectivity index (χ0v) is 25.7. The number of benzene rings is 3. The van der Waals surface area contributed by atoms with Crippen molar-refractivity contribution in [1.82, 2.24) is 10.2 Å². The van der Waals surface area contributed by atoms with Crippen LogP contribution in [0.15, 0.2) is 91.0 Å². The summed E-state index contributed by atoms with van der Waals surface area (Å²) in [6.07, 6.45) is -0.415. The Labute approximate surface area is 240 Å². The molecule has 3 rings (SSSR count). The average Bonchev–Trinajstić information content (AvgIpc) is 2.91. The molecule has 1 N–H and O–H groups in total. The summed E-state index contributed by atoms with van der Waals surface area (Å²) in [7, 11) is -2.29. The number of nitrogens with one attached hydrogen (secondary N) is 1. The maximum Gasteiger partial charge on any atom is 0.407 e. The van der Waals surface area contributed by atoms with Crippen LogP contribution in [-0.4, -0.2) is 43.9 Å². The molecule has 0 saturated heterocycles. The summed E-state index contributed by atoms with van der Waals surface area (Å²) in [5.41, 5.74) is 3.02. The summed E-state index contributed by atoms with van der Waals surface area (Å²) >= 11 is 0. The molecule has 0 saturated carbocycles. The lowest BCUT2D eigenvalue weighted by atomic mass is 10.0. The summed E-state index contributed by atoms with van der Waals surface area (Å²) in [5, 5.41) is 3.06. The van der Waals surface area contributed by atoms with Gasteiger partial charge in [-0.25, -0.2) is 4.79 Å². The predicted molar refractivity (Wildman–Crippen MR) is 163 cm³/mol. The van der Waals surface area contributed by atoms with Gasteiger partial charge in [-0.1, -0.05) is 112 Å². The van der Waals surface area contributed by atoms with Crippen molar-refractivity contribution in [3.8, 4) is 0 Å². The van der Waals surface area contributed by atoms with Crippen LogP contribution in [0.4, 0.5) is 4.79 Å². The summed E-state index contributed by atoms with van der Waals surface area (Å²) in [6.45, 7) is 13.5. The van der Waals surface area contributed by atoms with Gasteiger partial charge in [0.25, 0.3) is 0 Å². The lowest BCUT2D eigenvalue weighted by Gasteiger charge is -2.43. The van der Waals surface area contributed by atoms with Crippen LogP contribution < -0.4 is 5.32 Å². The summed E-state index contributed by atoms with van der Waals surface area (Å²) in [5.74, 6) is -0.0437. The topological polar surface area (TPSA) is 67.9 Å². The van der Waals surface area contributed by atoms with Gasteiger partial charge in [0.05, 0.1) is 12.1 Å². The Morgan fingerprint density at radius 1 is 0.825 bits per heavy atom. The molecule has 2 atom stereocenters. The van der Waals surface area contributed by atoms with E-state index in [-0.39, 0.29) is 17.6 Å². The van der Waals surface area contributed by atoms with E-state index < -0.39 is 26.6 Å². The third-order valence-electron chi connectivity index (χ3n) is 7.58. The van der Waals surface area contributed by atoms with Gasteiger partial charge in [-0.15, -0.1) is 0 Å². The fourth-order valence-corrected chi connectivity index (χ4v) is 5.54. The van der Waals surface area contributed by atoms with Gasteiger partial charge < -0.3 is 19.4 Å². The van der Waals surface area contributed by atoms with Crippen LogP contribution in [-0.2, 0) is 33.5 Å². The molecule has 7 heteroatoms. The Morgan fingerprint density at radius 2 is 1.32 bits per heavy atom. The van der Waals surface area contributed by atoms with Gasteiger partial charge in [0.2, 0.25) is 5.91 Å². The molecule has 3 aromatic carbocycles. The third kappa shape index (κ3) is 9.64. The molecule has 0 aliphatic rings. The van der Waals surface area contributed by atoms with Crippen LogP contribution in [0.2, 0.25) is 18.1 Å². The highest BCUT2D eigenvalue weighted by molar-refractivity contribution is 6.74. The monoisotopic (exact) mass is 560 g/mol. The number of carbonyl (C=O) groups is 2. The zero-order valence-electron chi connectivity index (χ0n) is 24.7. The minimum Gasteiger partial charge on any atom is -0.445 e. The second-order valence-corrected chi connectivity index (χ2v) is 16.6. The molecule has 0 fully saturated rings. The number of amides is 2. The Bertz CT molecular complexity index is 1200. The lowest BCUT2D eigenvalue weighted by molar-refractivity contribution is -0.131. The highest BCUT2D eigenvalue weighted by Crippen LogP contribution is 2.38. The van der Waals surface area contributed by atoms with E-state index in [1.807, 2.05) is 95.9 Å². The second kappa shape index (κ2) is 14.3. The van der Waals surface area contributed by atoms with Crippen molar-refractivity contribution in [2.75, 3.05) is 6.54 Å². The van der Waals surface area contributed by atoms with Crippen LogP contribution >= 0.6 is 0 Å². The van der Waals surface area contributed by atoms with E-state index in [1.54, 1.807) is 6.92 Å². The molecule has 2 amide bonds. The van der Waals surface area contributed by atoms with Gasteiger partial charge in [0, 0.05) is 20.0 Å². The normalized spacial score (nSPS) is 13.2. The molecule has 0 aromatic heterocycles. The van der Waals surface area contributed by atoms with Crippen molar-refractivity contribution in [3.05, 3.63) is 108 Å². The Hall–Kier alpha value is -3.42. The molecule has 0 aliphatic carbocycles. The highest BCUT2D eigenvalue weighted by Gasteiger charge is 2.42. The number of alkyl carbamates (subject to hydrolysis) is 1. The summed E-state index contributed by atoms with van der Waals surface area (Å²) in [4.78, 5) is 27.8. The van der Waals surface area contributed by atoms with Gasteiger partial charge in [0.1, 0.15) is 6.61 Å². The van der Waals surface area contributed by atoms with Crippen molar-refractivity contribution < 1.29 is 18.8 Å². The molecule has 0 unspecified atom stereocenters. The standard InChI is InChI=1S/C33H44N2O4Si/c1-26(36)35(23-28-18-12-8-13-19-28)24-31(39-40(5,6)33(2,3)4)30(22-27-16-10-7-11-17-27)34-32(37)38-25-29-20-14-9-15-21-29/h7-21,30-31H,22-25H2,1-6H3,(H,34,37)/t30-,31-/m0/s1. The second-order valence-electron chi connectivity index (χ2n) is 11.8. The first-order chi connectivity index (χ1) is 18.9. The molecule has 40 heavy (non-hydrogen) atoms.